The fourth-order valence-corrected chi connectivity index (χ4v) is 7.69. The van der Waals surface area contributed by atoms with Gasteiger partial charge in [0.05, 0.1) is 27.0 Å². The highest BCUT2D eigenvalue weighted by Gasteiger charge is 2.38. The second-order valence-electron chi connectivity index (χ2n) is 9.65. The van der Waals surface area contributed by atoms with Gasteiger partial charge in [0.2, 0.25) is 11.7 Å². The minimum atomic E-state index is -4.78. The van der Waals surface area contributed by atoms with Crippen molar-refractivity contribution in [1.82, 2.24) is 25.3 Å². The van der Waals surface area contributed by atoms with Crippen LogP contribution >= 0.6 is 22.6 Å². The van der Waals surface area contributed by atoms with Crippen molar-refractivity contribution in [2.24, 2.45) is 11.8 Å². The van der Waals surface area contributed by atoms with Gasteiger partial charge in [-0.2, -0.15) is 26.3 Å². The van der Waals surface area contributed by atoms with Gasteiger partial charge in [0.15, 0.2) is 0 Å². The Morgan fingerprint density at radius 3 is 2.37 bits per heavy atom. The number of pyridine rings is 2. The molecule has 0 aromatic carbocycles. The van der Waals surface area contributed by atoms with Crippen molar-refractivity contribution in [2.45, 2.75) is 59.2 Å². The van der Waals surface area contributed by atoms with Gasteiger partial charge in [0, 0.05) is 58.2 Å². The van der Waals surface area contributed by atoms with Crippen LogP contribution in [0.2, 0.25) is 0 Å². The summed E-state index contributed by atoms with van der Waals surface area (Å²) in [6.07, 6.45) is -2.83. The van der Waals surface area contributed by atoms with Crippen molar-refractivity contribution in [3.63, 3.8) is 0 Å². The zero-order chi connectivity index (χ0) is 29.9. The fraction of sp³-hybridized carbons (Fsp3) is 0.423. The number of nitrogens with zero attached hydrogens (tertiary/aromatic N) is 4. The highest BCUT2D eigenvalue weighted by atomic mass is 127. The van der Waals surface area contributed by atoms with Crippen molar-refractivity contribution in [3.8, 4) is 11.3 Å². The molecule has 1 saturated carbocycles. The van der Waals surface area contributed by atoms with E-state index in [1.807, 2.05) is 6.92 Å². The van der Waals surface area contributed by atoms with Gasteiger partial charge in [0.1, 0.15) is 0 Å². The third kappa shape index (κ3) is 7.59. The van der Waals surface area contributed by atoms with Crippen LogP contribution in [0.3, 0.4) is 0 Å². The predicted molar refractivity (Wildman–Crippen MR) is 146 cm³/mol. The van der Waals surface area contributed by atoms with Crippen LogP contribution in [0.4, 0.5) is 26.3 Å². The molecule has 0 saturated heterocycles. The molecule has 2 unspecified atom stereocenters. The van der Waals surface area contributed by atoms with Gasteiger partial charge in [-0.1, -0.05) is 29.5 Å². The van der Waals surface area contributed by atoms with Gasteiger partial charge in [-0.15, -0.1) is 0 Å². The molecule has 1 aliphatic rings. The number of carbonyl (C=O) groups is 1. The van der Waals surface area contributed by atoms with Crippen LogP contribution in [-0.4, -0.2) is 39.2 Å². The first-order chi connectivity index (χ1) is 19.3. The van der Waals surface area contributed by atoms with Crippen LogP contribution in [0.1, 0.15) is 43.1 Å². The number of alkyl halides is 7. The maximum absolute atomic E-state index is 13.7. The molecule has 3 aromatic rings. The van der Waals surface area contributed by atoms with Crippen LogP contribution < -0.4 is 5.32 Å². The maximum Gasteiger partial charge on any atom is 0.451 e. The first kappa shape index (κ1) is 31.3. The normalized spacial score (nSPS) is 22.5. The molecule has 0 radical (unpaired) electrons. The van der Waals surface area contributed by atoms with E-state index < -0.39 is 52.9 Å². The second kappa shape index (κ2) is 12.7. The van der Waals surface area contributed by atoms with Gasteiger partial charge in [-0.3, -0.25) is 19.0 Å². The molecule has 1 N–H and O–H groups in total. The SMILES string of the molecule is C[C@@H]1C(S(=O)c2cccnc2)CC[C@H](C(=O)NCc2cc(-c3cnc(C(F)(F)F)nc3)ncc2C(F)(F)F)C[C@H]1I. The molecule has 220 valence electrons. The highest BCUT2D eigenvalue weighted by molar-refractivity contribution is 14.1. The number of hydrogen-bond donors (Lipinski definition) is 1. The Labute approximate surface area is 247 Å². The standard InChI is InChI=1S/C26H24F6IN5O2S/c1-14-20(33)7-15(4-5-22(14)41(40)18-3-2-6-34-12-18)23(39)36-9-16-8-21(35-13-19(16)25(27,28)29)17-10-37-24(38-11-17)26(30,31)32/h2-3,6,8,10-15,20,22H,4-5,7,9H2,1H3,(H,36,39)/t14-,15-,20+,22?,41?/m0/s1. The first-order valence-electron chi connectivity index (χ1n) is 12.4. The summed E-state index contributed by atoms with van der Waals surface area (Å²) in [5.41, 5.74) is -1.48. The van der Waals surface area contributed by atoms with Crippen LogP contribution in [0, 0.1) is 11.8 Å². The Morgan fingerprint density at radius 1 is 1.05 bits per heavy atom. The molecule has 41 heavy (non-hydrogen) atoms. The van der Waals surface area contributed by atoms with Crippen molar-refractivity contribution >= 4 is 39.3 Å². The monoisotopic (exact) mass is 711 g/mol. The van der Waals surface area contributed by atoms with Crippen molar-refractivity contribution in [1.29, 1.82) is 0 Å². The Kier molecular flexibility index (Phi) is 9.66. The zero-order valence-electron chi connectivity index (χ0n) is 21.4. The summed E-state index contributed by atoms with van der Waals surface area (Å²) in [6, 6.07) is 4.50. The summed E-state index contributed by atoms with van der Waals surface area (Å²) < 4.78 is 92.7. The van der Waals surface area contributed by atoms with E-state index in [0.717, 1.165) is 18.5 Å². The molecule has 1 aliphatic carbocycles. The number of nitrogens with one attached hydrogen (secondary N) is 1. The molecule has 3 aromatic heterocycles. The molecule has 1 amide bonds. The second-order valence-corrected chi connectivity index (χ2v) is 12.9. The lowest BCUT2D eigenvalue weighted by Crippen LogP contribution is -2.32. The van der Waals surface area contributed by atoms with E-state index in [-0.39, 0.29) is 31.9 Å². The molecule has 7 nitrogen and oxygen atoms in total. The van der Waals surface area contributed by atoms with E-state index in [1.165, 1.54) is 0 Å². The molecule has 0 spiro atoms. The summed E-state index contributed by atoms with van der Waals surface area (Å²) >= 11 is 2.23. The predicted octanol–water partition coefficient (Wildman–Crippen LogP) is 6.00. The van der Waals surface area contributed by atoms with Crippen LogP contribution in [0.25, 0.3) is 11.3 Å². The quantitative estimate of drug-likeness (QED) is 0.146. The van der Waals surface area contributed by atoms with Gasteiger partial charge in [-0.25, -0.2) is 9.97 Å². The number of rotatable bonds is 6. The molecule has 0 aliphatic heterocycles. The maximum atomic E-state index is 13.7. The average Bonchev–Trinajstić information content (AvgIpc) is 3.08. The molecular formula is C26H24F6IN5O2S. The third-order valence-electron chi connectivity index (χ3n) is 6.93. The lowest BCUT2D eigenvalue weighted by molar-refractivity contribution is -0.145. The molecule has 15 heteroatoms. The average molecular weight is 711 g/mol. The first-order valence-corrected chi connectivity index (χ1v) is 14.9. The van der Waals surface area contributed by atoms with E-state index >= 15 is 0 Å². The number of halogens is 7. The van der Waals surface area contributed by atoms with E-state index in [1.54, 1.807) is 24.5 Å². The minimum Gasteiger partial charge on any atom is -0.352 e. The van der Waals surface area contributed by atoms with E-state index in [0.29, 0.717) is 30.4 Å². The Bertz CT molecular complexity index is 1390. The van der Waals surface area contributed by atoms with E-state index in [4.69, 9.17) is 0 Å². The Balaban J connectivity index is 1.50. The summed E-state index contributed by atoms with van der Waals surface area (Å²) in [7, 11) is -1.34. The van der Waals surface area contributed by atoms with E-state index in [9.17, 15) is 35.3 Å². The van der Waals surface area contributed by atoms with Gasteiger partial charge >= 0.3 is 12.4 Å². The summed E-state index contributed by atoms with van der Waals surface area (Å²) in [5, 5.41) is 2.37. The lowest BCUT2D eigenvalue weighted by Gasteiger charge is -2.24. The highest BCUT2D eigenvalue weighted by Crippen LogP contribution is 2.37. The van der Waals surface area contributed by atoms with E-state index in [2.05, 4.69) is 47.8 Å². The van der Waals surface area contributed by atoms with Crippen LogP contribution in [0.5, 0.6) is 0 Å². The van der Waals surface area contributed by atoms with Gasteiger partial charge in [0.25, 0.3) is 0 Å². The Morgan fingerprint density at radius 2 is 1.76 bits per heavy atom. The minimum absolute atomic E-state index is 0.00518. The smallest absolute Gasteiger partial charge is 0.352 e. The summed E-state index contributed by atoms with van der Waals surface area (Å²) in [5.74, 6) is -2.32. The topological polar surface area (TPSA) is 97.7 Å². The van der Waals surface area contributed by atoms with Gasteiger partial charge in [-0.05, 0) is 48.9 Å². The molecule has 4 rings (SSSR count). The summed E-state index contributed by atoms with van der Waals surface area (Å²) in [6.45, 7) is 1.50. The summed E-state index contributed by atoms with van der Waals surface area (Å²) in [4.78, 5) is 28.0. The van der Waals surface area contributed by atoms with Crippen molar-refractivity contribution < 1.29 is 35.3 Å². The molecule has 0 bridgehead atoms. The zero-order valence-corrected chi connectivity index (χ0v) is 24.4. The lowest BCUT2D eigenvalue weighted by atomic mass is 9.98. The van der Waals surface area contributed by atoms with Crippen molar-refractivity contribution in [3.05, 3.63) is 66.1 Å². The number of amides is 1. The van der Waals surface area contributed by atoms with Crippen molar-refractivity contribution in [2.75, 3.05) is 0 Å². The van der Waals surface area contributed by atoms with Crippen LogP contribution in [0.15, 0.2) is 54.1 Å². The molecular weight excluding hydrogens is 687 g/mol. The molecule has 3 heterocycles. The van der Waals surface area contributed by atoms with Gasteiger partial charge < -0.3 is 5.32 Å². The number of aromatic nitrogens is 4. The number of hydrogen-bond acceptors (Lipinski definition) is 6. The third-order valence-corrected chi connectivity index (χ3v) is 10.5. The Hall–Kier alpha value is -2.69. The van der Waals surface area contributed by atoms with Crippen LogP contribution in [-0.2, 0) is 34.5 Å². The number of carbonyl (C=O) groups excluding carboxylic acids is 1. The largest absolute Gasteiger partial charge is 0.451 e. The fourth-order valence-electron chi connectivity index (χ4n) is 4.64. The molecule has 5 atom stereocenters. The molecule has 1 fully saturated rings.